The first-order valence-electron chi connectivity index (χ1n) is 10.0. The Morgan fingerprint density at radius 1 is 0.933 bits per heavy atom. The van der Waals surface area contributed by atoms with Crippen LogP contribution in [0.15, 0.2) is 72.8 Å². The topological polar surface area (TPSA) is 48.4 Å². The number of hydrogen-bond donors (Lipinski definition) is 0. The third-order valence-corrected chi connectivity index (χ3v) is 5.35. The minimum absolute atomic E-state index is 0.134. The number of methoxy groups -OCH3 is 1. The molecule has 1 aromatic heterocycles. The quantitative estimate of drug-likeness (QED) is 0.304. The summed E-state index contributed by atoms with van der Waals surface area (Å²) in [5.74, 6) is 1.37. The Kier molecular flexibility index (Phi) is 7.57. The van der Waals surface area contributed by atoms with Gasteiger partial charge in [-0.15, -0.1) is 0 Å². The number of ketones is 1. The van der Waals surface area contributed by atoms with Gasteiger partial charge in [-0.25, -0.2) is 4.98 Å². The molecule has 0 unspecified atom stereocenters. The minimum atomic E-state index is 0.134. The van der Waals surface area contributed by atoms with Crippen molar-refractivity contribution in [2.24, 2.45) is 0 Å². The summed E-state index contributed by atoms with van der Waals surface area (Å²) in [5, 5.41) is 0.575. The first-order chi connectivity index (χ1) is 14.7. The van der Waals surface area contributed by atoms with Gasteiger partial charge in [-0.05, 0) is 36.2 Å². The number of benzene rings is 3. The second-order valence-corrected chi connectivity index (χ2v) is 7.32. The smallest absolute Gasteiger partial charge is 0.279 e. The molecule has 30 heavy (non-hydrogen) atoms. The van der Waals surface area contributed by atoms with E-state index in [1.165, 1.54) is 11.3 Å². The van der Waals surface area contributed by atoms with Crippen LogP contribution in [-0.2, 0) is 6.42 Å². The molecule has 0 N–H and O–H groups in total. The van der Waals surface area contributed by atoms with Crippen LogP contribution in [0, 0.1) is 0 Å². The molecule has 0 spiro atoms. The number of Topliss-reactive ketones (excluding diaryl/α,β-unsaturated/α-hetero) is 1. The number of aryl methyl sites for hydroxylation is 1. The second-order valence-electron chi connectivity index (χ2n) is 6.32. The third-order valence-electron chi connectivity index (χ3n) is 4.44. The molecule has 0 saturated carbocycles. The van der Waals surface area contributed by atoms with Crippen LogP contribution in [0.1, 0.15) is 36.2 Å². The molecule has 0 aliphatic heterocycles. The predicted molar refractivity (Wildman–Crippen MR) is 123 cm³/mol. The van der Waals surface area contributed by atoms with Crippen LogP contribution in [0.4, 0.5) is 0 Å². The fraction of sp³-hybridized carbons (Fsp3) is 0.200. The lowest BCUT2D eigenvalue weighted by Gasteiger charge is -2.10. The van der Waals surface area contributed by atoms with E-state index in [9.17, 15) is 4.79 Å². The zero-order chi connectivity index (χ0) is 21.3. The predicted octanol–water partition coefficient (Wildman–Crippen LogP) is 6.94. The average molecular weight is 420 g/mol. The molecular weight excluding hydrogens is 394 g/mol. The number of hydrogen-bond acceptors (Lipinski definition) is 5. The number of carbonyl (C=O) groups excluding carboxylic acids is 1. The summed E-state index contributed by atoms with van der Waals surface area (Å²) < 4.78 is 12.5. The molecule has 0 atom stereocenters. The summed E-state index contributed by atoms with van der Waals surface area (Å²) in [6, 6.07) is 23.0. The molecule has 0 amide bonds. The second kappa shape index (κ2) is 10.6. The van der Waals surface area contributed by atoms with Crippen LogP contribution in [-0.4, -0.2) is 17.9 Å². The number of thiazole rings is 1. The molecule has 0 fully saturated rings. The first-order valence-corrected chi connectivity index (χ1v) is 10.8. The van der Waals surface area contributed by atoms with Crippen LogP contribution < -0.4 is 9.47 Å². The van der Waals surface area contributed by atoms with Crippen LogP contribution in [0.25, 0.3) is 10.2 Å². The van der Waals surface area contributed by atoms with Crippen molar-refractivity contribution in [1.29, 1.82) is 0 Å². The standard InChI is InChI=1S/C23H19NO3S.C2H6/c1-26-21-15-16(11-13-19(25)17-7-3-2-4-8-17)12-14-20(21)27-23-24-18-9-5-6-10-22(18)28-23;1-2/h2-10,12,14-15H,11,13H2,1H3;1-2H3. The van der Waals surface area contributed by atoms with Crippen molar-refractivity contribution in [2.75, 3.05) is 7.11 Å². The summed E-state index contributed by atoms with van der Waals surface area (Å²) in [6.45, 7) is 4.00. The molecule has 3 aromatic carbocycles. The Morgan fingerprint density at radius 2 is 1.67 bits per heavy atom. The van der Waals surface area contributed by atoms with Gasteiger partial charge in [0.2, 0.25) is 0 Å². The van der Waals surface area contributed by atoms with E-state index in [0.29, 0.717) is 29.5 Å². The SMILES string of the molecule is CC.COc1cc(CCC(=O)c2ccccc2)ccc1Oc1nc2ccccc2s1. The van der Waals surface area contributed by atoms with Crippen LogP contribution in [0.3, 0.4) is 0 Å². The summed E-state index contributed by atoms with van der Waals surface area (Å²) in [4.78, 5) is 16.8. The van der Waals surface area contributed by atoms with E-state index >= 15 is 0 Å². The molecule has 0 saturated heterocycles. The molecule has 4 nitrogen and oxygen atoms in total. The maximum absolute atomic E-state index is 12.3. The van der Waals surface area contributed by atoms with Gasteiger partial charge in [0, 0.05) is 12.0 Å². The molecule has 0 aliphatic carbocycles. The number of para-hydroxylation sites is 1. The van der Waals surface area contributed by atoms with E-state index in [2.05, 4.69) is 4.98 Å². The maximum atomic E-state index is 12.3. The molecule has 4 aromatic rings. The van der Waals surface area contributed by atoms with E-state index in [0.717, 1.165) is 21.3 Å². The van der Waals surface area contributed by atoms with E-state index < -0.39 is 0 Å². The van der Waals surface area contributed by atoms with Crippen LogP contribution >= 0.6 is 11.3 Å². The average Bonchev–Trinajstić information content (AvgIpc) is 3.22. The van der Waals surface area contributed by atoms with Gasteiger partial charge in [0.1, 0.15) is 0 Å². The highest BCUT2D eigenvalue weighted by Crippen LogP contribution is 2.36. The van der Waals surface area contributed by atoms with Gasteiger partial charge in [-0.1, -0.05) is 73.7 Å². The number of nitrogens with zero attached hydrogens (tertiary/aromatic N) is 1. The van der Waals surface area contributed by atoms with Crippen molar-refractivity contribution >= 4 is 27.3 Å². The molecule has 5 heteroatoms. The number of ether oxygens (including phenoxy) is 2. The van der Waals surface area contributed by atoms with Crippen LogP contribution in [0.2, 0.25) is 0 Å². The molecule has 0 bridgehead atoms. The Bertz CT molecular complexity index is 1070. The number of aromatic nitrogens is 1. The maximum Gasteiger partial charge on any atom is 0.279 e. The zero-order valence-electron chi connectivity index (χ0n) is 17.4. The lowest BCUT2D eigenvalue weighted by Crippen LogP contribution is -2.01. The highest BCUT2D eigenvalue weighted by Gasteiger charge is 2.12. The van der Waals surface area contributed by atoms with E-state index in [4.69, 9.17) is 9.47 Å². The summed E-state index contributed by atoms with van der Waals surface area (Å²) in [6.07, 6.45) is 1.09. The van der Waals surface area contributed by atoms with Crippen molar-refractivity contribution in [3.63, 3.8) is 0 Å². The molecule has 1 heterocycles. The highest BCUT2D eigenvalue weighted by atomic mass is 32.1. The van der Waals surface area contributed by atoms with Gasteiger partial charge >= 0.3 is 0 Å². The molecule has 0 radical (unpaired) electrons. The largest absolute Gasteiger partial charge is 0.493 e. The monoisotopic (exact) mass is 419 g/mol. The molecule has 0 aliphatic rings. The van der Waals surface area contributed by atoms with Gasteiger partial charge in [-0.2, -0.15) is 0 Å². The summed E-state index contributed by atoms with van der Waals surface area (Å²) in [5.41, 5.74) is 2.68. The van der Waals surface area contributed by atoms with E-state index in [1.807, 2.05) is 86.6 Å². The number of carbonyl (C=O) groups is 1. The lowest BCUT2D eigenvalue weighted by molar-refractivity contribution is 0.0983. The van der Waals surface area contributed by atoms with Crippen molar-refractivity contribution in [2.45, 2.75) is 26.7 Å². The normalized spacial score (nSPS) is 10.2. The lowest BCUT2D eigenvalue weighted by atomic mass is 10.0. The highest BCUT2D eigenvalue weighted by molar-refractivity contribution is 7.20. The fourth-order valence-electron chi connectivity index (χ4n) is 2.97. The Morgan fingerprint density at radius 3 is 2.40 bits per heavy atom. The van der Waals surface area contributed by atoms with E-state index in [-0.39, 0.29) is 5.78 Å². The fourth-order valence-corrected chi connectivity index (χ4v) is 3.80. The van der Waals surface area contributed by atoms with Gasteiger partial charge in [0.15, 0.2) is 17.3 Å². The van der Waals surface area contributed by atoms with E-state index in [1.54, 1.807) is 7.11 Å². The first kappa shape index (κ1) is 21.5. The molecular formula is C25H25NO3S. The molecule has 154 valence electrons. The number of fused-ring (bicyclic) bond motifs is 1. The van der Waals surface area contributed by atoms with Crippen LogP contribution in [0.5, 0.6) is 16.7 Å². The minimum Gasteiger partial charge on any atom is -0.493 e. The molecule has 4 rings (SSSR count). The van der Waals surface area contributed by atoms with Gasteiger partial charge in [-0.3, -0.25) is 4.79 Å². The Balaban J connectivity index is 0.00000124. The van der Waals surface area contributed by atoms with Gasteiger partial charge < -0.3 is 9.47 Å². The third kappa shape index (κ3) is 5.24. The van der Waals surface area contributed by atoms with Crippen molar-refractivity contribution in [3.05, 3.63) is 83.9 Å². The summed E-state index contributed by atoms with van der Waals surface area (Å²) in [7, 11) is 1.61. The van der Waals surface area contributed by atoms with Gasteiger partial charge in [0.05, 0.1) is 17.3 Å². The number of rotatable bonds is 7. The van der Waals surface area contributed by atoms with Gasteiger partial charge in [0.25, 0.3) is 5.19 Å². The van der Waals surface area contributed by atoms with Crippen molar-refractivity contribution in [1.82, 2.24) is 4.98 Å². The van der Waals surface area contributed by atoms with Crippen molar-refractivity contribution in [3.8, 4) is 16.7 Å². The van der Waals surface area contributed by atoms with Crippen molar-refractivity contribution < 1.29 is 14.3 Å². The Labute approximate surface area is 181 Å². The summed E-state index contributed by atoms with van der Waals surface area (Å²) >= 11 is 1.49. The Hall–Kier alpha value is -3.18. The zero-order valence-corrected chi connectivity index (χ0v) is 18.2.